The quantitative estimate of drug-likeness (QED) is 0.707. The van der Waals surface area contributed by atoms with Gasteiger partial charge in [0.15, 0.2) is 0 Å². The first-order valence-corrected chi connectivity index (χ1v) is 11.5. The number of carbonyl (C=O) groups excluding carboxylic acids is 2. The Morgan fingerprint density at radius 3 is 2.57 bits per heavy atom. The molecular weight excluding hydrogens is 370 g/mol. The second-order valence-electron chi connectivity index (χ2n) is 8.03. The van der Waals surface area contributed by atoms with Gasteiger partial charge in [0, 0.05) is 37.6 Å². The lowest BCUT2D eigenvalue weighted by Gasteiger charge is -2.31. The van der Waals surface area contributed by atoms with Crippen molar-refractivity contribution in [2.24, 2.45) is 0 Å². The van der Waals surface area contributed by atoms with E-state index < -0.39 is 0 Å². The molecule has 2 aliphatic rings. The molecule has 0 spiro atoms. The smallest absolute Gasteiger partial charge is 0.255 e. The molecule has 1 aromatic rings. The third-order valence-corrected chi connectivity index (χ3v) is 7.05. The van der Waals surface area contributed by atoms with Gasteiger partial charge in [0.05, 0.1) is 11.3 Å². The maximum Gasteiger partial charge on any atom is 0.255 e. The Bertz CT molecular complexity index is 676. The van der Waals surface area contributed by atoms with Crippen molar-refractivity contribution in [1.29, 1.82) is 0 Å². The molecule has 0 aromatic heterocycles. The molecule has 6 heteroatoms. The Labute approximate surface area is 173 Å². The number of rotatable bonds is 5. The van der Waals surface area contributed by atoms with Crippen LogP contribution in [0.5, 0.6) is 0 Å². The average Bonchev–Trinajstić information content (AvgIpc) is 2.96. The van der Waals surface area contributed by atoms with E-state index in [9.17, 15) is 9.59 Å². The lowest BCUT2D eigenvalue weighted by atomic mass is 9.94. The van der Waals surface area contributed by atoms with E-state index in [2.05, 4.69) is 11.9 Å². The van der Waals surface area contributed by atoms with Crippen LogP contribution >= 0.6 is 11.8 Å². The van der Waals surface area contributed by atoms with Crippen LogP contribution in [0.3, 0.4) is 0 Å². The van der Waals surface area contributed by atoms with Gasteiger partial charge in [0.1, 0.15) is 0 Å². The van der Waals surface area contributed by atoms with Gasteiger partial charge >= 0.3 is 0 Å². The van der Waals surface area contributed by atoms with Gasteiger partial charge < -0.3 is 14.7 Å². The van der Waals surface area contributed by atoms with Crippen molar-refractivity contribution in [2.45, 2.75) is 49.5 Å². The second-order valence-corrected chi connectivity index (χ2v) is 9.05. The van der Waals surface area contributed by atoms with E-state index in [0.717, 1.165) is 55.9 Å². The molecule has 0 radical (unpaired) electrons. The molecule has 1 aliphatic heterocycles. The van der Waals surface area contributed by atoms with Crippen molar-refractivity contribution in [3.8, 4) is 0 Å². The van der Waals surface area contributed by atoms with E-state index in [1.54, 1.807) is 0 Å². The number of hydrogen-bond donors (Lipinski definition) is 0. The molecule has 1 heterocycles. The summed E-state index contributed by atoms with van der Waals surface area (Å²) in [7, 11) is 4.04. The first-order valence-electron chi connectivity index (χ1n) is 10.5. The van der Waals surface area contributed by atoms with Crippen LogP contribution in [0.1, 0.15) is 48.9 Å². The van der Waals surface area contributed by atoms with Crippen molar-refractivity contribution in [3.05, 3.63) is 29.8 Å². The number of benzene rings is 1. The lowest BCUT2D eigenvalue weighted by molar-refractivity contribution is -0.129. The van der Waals surface area contributed by atoms with Crippen LogP contribution in [0.15, 0.2) is 29.2 Å². The topological polar surface area (TPSA) is 43.9 Å². The predicted molar refractivity (Wildman–Crippen MR) is 115 cm³/mol. The monoisotopic (exact) mass is 403 g/mol. The number of likely N-dealkylation sites (N-methyl/N-ethyl adjacent to an activating group) is 1. The fourth-order valence-electron chi connectivity index (χ4n) is 4.10. The molecule has 2 fully saturated rings. The van der Waals surface area contributed by atoms with Crippen LogP contribution in [0.4, 0.5) is 0 Å². The van der Waals surface area contributed by atoms with Gasteiger partial charge in [-0.3, -0.25) is 9.59 Å². The second kappa shape index (κ2) is 10.3. The molecule has 0 atom stereocenters. The maximum absolute atomic E-state index is 13.1. The molecule has 5 nitrogen and oxygen atoms in total. The summed E-state index contributed by atoms with van der Waals surface area (Å²) in [5, 5.41) is 0. The summed E-state index contributed by atoms with van der Waals surface area (Å²) in [5.74, 6) is 0.641. The molecule has 0 bridgehead atoms. The normalized spacial score (nSPS) is 19.3. The van der Waals surface area contributed by atoms with E-state index >= 15 is 0 Å². The predicted octanol–water partition coefficient (Wildman–Crippen LogP) is 3.35. The van der Waals surface area contributed by atoms with Crippen molar-refractivity contribution >= 4 is 23.6 Å². The number of hydrogen-bond acceptors (Lipinski definition) is 4. The highest BCUT2D eigenvalue weighted by molar-refractivity contribution is 8.00. The van der Waals surface area contributed by atoms with E-state index in [4.69, 9.17) is 0 Å². The number of nitrogens with zero attached hydrogens (tertiary/aromatic N) is 3. The molecule has 0 unspecified atom stereocenters. The molecular formula is C22H33N3O2S. The van der Waals surface area contributed by atoms with Gasteiger partial charge in [-0.05, 0) is 45.0 Å². The molecule has 3 rings (SSSR count). The van der Waals surface area contributed by atoms with Crippen LogP contribution in [-0.2, 0) is 4.79 Å². The van der Waals surface area contributed by atoms with Gasteiger partial charge in [-0.1, -0.05) is 31.4 Å². The molecule has 0 N–H and O–H groups in total. The van der Waals surface area contributed by atoms with Crippen molar-refractivity contribution < 1.29 is 9.59 Å². The summed E-state index contributed by atoms with van der Waals surface area (Å²) in [4.78, 5) is 32.9. The standard InChI is InChI=1S/C22H33N3O2S/c1-23-13-8-14-25(16-15-23)22(27)19-11-6-7-12-20(19)28-17-21(26)24(2)18-9-4-3-5-10-18/h6-7,11-12,18H,3-5,8-10,13-17H2,1-2H3. The van der Waals surface area contributed by atoms with Crippen LogP contribution in [0.25, 0.3) is 0 Å². The zero-order valence-corrected chi connectivity index (χ0v) is 18.0. The maximum atomic E-state index is 13.1. The zero-order valence-electron chi connectivity index (χ0n) is 17.2. The van der Waals surface area contributed by atoms with Crippen LogP contribution < -0.4 is 0 Å². The minimum atomic E-state index is 0.0893. The average molecular weight is 404 g/mol. The van der Waals surface area contributed by atoms with E-state index in [0.29, 0.717) is 11.8 Å². The third kappa shape index (κ3) is 5.51. The van der Waals surface area contributed by atoms with Gasteiger partial charge in [-0.15, -0.1) is 11.8 Å². The Balaban J connectivity index is 1.61. The van der Waals surface area contributed by atoms with Gasteiger partial charge in [-0.2, -0.15) is 0 Å². The van der Waals surface area contributed by atoms with Crippen molar-refractivity contribution in [3.63, 3.8) is 0 Å². The number of carbonyl (C=O) groups is 2. The number of thioether (sulfide) groups is 1. The third-order valence-electron chi connectivity index (χ3n) is 5.99. The van der Waals surface area contributed by atoms with Crippen LogP contribution in [-0.4, -0.2) is 78.6 Å². The van der Waals surface area contributed by atoms with Crippen molar-refractivity contribution in [1.82, 2.24) is 14.7 Å². The first kappa shape index (κ1) is 21.2. The Morgan fingerprint density at radius 1 is 1.04 bits per heavy atom. The van der Waals surface area contributed by atoms with Gasteiger partial charge in [-0.25, -0.2) is 0 Å². The highest BCUT2D eigenvalue weighted by Gasteiger charge is 2.24. The molecule has 28 heavy (non-hydrogen) atoms. The summed E-state index contributed by atoms with van der Waals surface area (Å²) < 4.78 is 0. The lowest BCUT2D eigenvalue weighted by Crippen LogP contribution is -2.39. The minimum absolute atomic E-state index is 0.0893. The van der Waals surface area contributed by atoms with Gasteiger partial charge in [0.2, 0.25) is 5.91 Å². The summed E-state index contributed by atoms with van der Waals surface area (Å²) in [6.07, 6.45) is 6.96. The molecule has 154 valence electrons. The largest absolute Gasteiger partial charge is 0.342 e. The van der Waals surface area contributed by atoms with Crippen molar-refractivity contribution in [2.75, 3.05) is 46.0 Å². The molecule has 2 amide bonds. The van der Waals surface area contributed by atoms with E-state index in [-0.39, 0.29) is 11.8 Å². The Hall–Kier alpha value is -1.53. The number of amides is 2. The Kier molecular flexibility index (Phi) is 7.80. The fraction of sp³-hybridized carbons (Fsp3) is 0.636. The Morgan fingerprint density at radius 2 is 1.79 bits per heavy atom. The highest BCUT2D eigenvalue weighted by atomic mass is 32.2. The molecule has 1 saturated carbocycles. The van der Waals surface area contributed by atoms with Crippen LogP contribution in [0, 0.1) is 0 Å². The van der Waals surface area contributed by atoms with Crippen LogP contribution in [0.2, 0.25) is 0 Å². The fourth-order valence-corrected chi connectivity index (χ4v) is 5.07. The summed E-state index contributed by atoms with van der Waals surface area (Å²) in [5.41, 5.74) is 0.727. The van der Waals surface area contributed by atoms with E-state index in [1.165, 1.54) is 31.0 Å². The zero-order chi connectivity index (χ0) is 19.9. The molecule has 1 aliphatic carbocycles. The summed E-state index contributed by atoms with van der Waals surface area (Å²) in [6.45, 7) is 3.50. The molecule has 1 saturated heterocycles. The summed E-state index contributed by atoms with van der Waals surface area (Å²) >= 11 is 1.50. The minimum Gasteiger partial charge on any atom is -0.342 e. The first-order chi connectivity index (χ1) is 13.6. The SMILES string of the molecule is CN1CCCN(C(=O)c2ccccc2SCC(=O)N(C)C2CCCCC2)CC1. The summed E-state index contributed by atoms with van der Waals surface area (Å²) in [6, 6.07) is 8.11. The molecule has 1 aromatic carbocycles. The van der Waals surface area contributed by atoms with Gasteiger partial charge in [0.25, 0.3) is 5.91 Å². The highest BCUT2D eigenvalue weighted by Crippen LogP contribution is 2.26. The van der Waals surface area contributed by atoms with E-state index in [1.807, 2.05) is 41.1 Å².